The summed E-state index contributed by atoms with van der Waals surface area (Å²) in [6, 6.07) is 3.48. The average molecular weight is 284 g/mol. The molecule has 0 amide bonds. The molecule has 5 heteroatoms. The van der Waals surface area contributed by atoms with Crippen LogP contribution in [0.5, 0.6) is 5.75 Å². The van der Waals surface area contributed by atoms with E-state index < -0.39 is 5.97 Å². The van der Waals surface area contributed by atoms with Crippen LogP contribution < -0.4 is 10.5 Å². The highest BCUT2D eigenvalue weighted by molar-refractivity contribution is 6.30. The SMILES string of the molecule is CC(CC(=O)O)CC(N)c1cc(Cl)cc2c1OCC2. The van der Waals surface area contributed by atoms with Gasteiger partial charge in [0.1, 0.15) is 5.75 Å². The smallest absolute Gasteiger partial charge is 0.303 e. The van der Waals surface area contributed by atoms with Crippen molar-refractivity contribution in [3.8, 4) is 5.75 Å². The van der Waals surface area contributed by atoms with Crippen LogP contribution in [0.2, 0.25) is 5.02 Å². The van der Waals surface area contributed by atoms with Gasteiger partial charge in [-0.25, -0.2) is 0 Å². The average Bonchev–Trinajstić information content (AvgIpc) is 2.73. The minimum Gasteiger partial charge on any atom is -0.493 e. The van der Waals surface area contributed by atoms with E-state index in [1.807, 2.05) is 19.1 Å². The number of fused-ring (bicyclic) bond motifs is 1. The van der Waals surface area contributed by atoms with Crippen LogP contribution in [0.1, 0.15) is 36.9 Å². The largest absolute Gasteiger partial charge is 0.493 e. The third-order valence-corrected chi connectivity index (χ3v) is 3.57. The predicted octanol–water partition coefficient (Wildman–Crippen LogP) is 2.78. The summed E-state index contributed by atoms with van der Waals surface area (Å²) in [6.45, 7) is 2.54. The molecule has 1 aliphatic rings. The Balaban J connectivity index is 2.15. The summed E-state index contributed by atoms with van der Waals surface area (Å²) in [5.41, 5.74) is 8.16. The van der Waals surface area contributed by atoms with E-state index in [0.717, 1.165) is 23.3 Å². The molecule has 0 aliphatic carbocycles. The number of carboxylic acid groups (broad SMARTS) is 1. The summed E-state index contributed by atoms with van der Waals surface area (Å²) in [5.74, 6) is 0.0511. The summed E-state index contributed by atoms with van der Waals surface area (Å²) in [5, 5.41) is 9.43. The van der Waals surface area contributed by atoms with Crippen LogP contribution in [-0.4, -0.2) is 17.7 Å². The molecule has 0 spiro atoms. The van der Waals surface area contributed by atoms with E-state index in [9.17, 15) is 4.79 Å². The fourth-order valence-electron chi connectivity index (χ4n) is 2.52. The molecule has 1 aromatic rings. The van der Waals surface area contributed by atoms with Crippen molar-refractivity contribution >= 4 is 17.6 Å². The highest BCUT2D eigenvalue weighted by Gasteiger charge is 2.23. The number of ether oxygens (including phenoxy) is 1. The zero-order valence-electron chi connectivity index (χ0n) is 10.9. The number of hydrogen-bond acceptors (Lipinski definition) is 3. The van der Waals surface area contributed by atoms with Gasteiger partial charge in [0, 0.05) is 29.5 Å². The van der Waals surface area contributed by atoms with Crippen LogP contribution in [-0.2, 0) is 11.2 Å². The molecule has 0 radical (unpaired) electrons. The van der Waals surface area contributed by atoms with Gasteiger partial charge in [0.2, 0.25) is 0 Å². The van der Waals surface area contributed by atoms with Gasteiger partial charge in [0.25, 0.3) is 0 Å². The molecule has 3 N–H and O–H groups in total. The second-order valence-corrected chi connectivity index (χ2v) is 5.56. The van der Waals surface area contributed by atoms with Crippen LogP contribution in [0.15, 0.2) is 12.1 Å². The first-order chi connectivity index (χ1) is 8.97. The normalized spacial score (nSPS) is 16.6. The number of benzene rings is 1. The number of carbonyl (C=O) groups is 1. The van der Waals surface area contributed by atoms with Crippen LogP contribution in [0.25, 0.3) is 0 Å². The Labute approximate surface area is 117 Å². The molecule has 1 aliphatic heterocycles. The fourth-order valence-corrected chi connectivity index (χ4v) is 2.76. The lowest BCUT2D eigenvalue weighted by atomic mass is 9.93. The van der Waals surface area contributed by atoms with E-state index in [-0.39, 0.29) is 18.4 Å². The maximum absolute atomic E-state index is 10.7. The summed E-state index contributed by atoms with van der Waals surface area (Å²) >= 11 is 6.09. The zero-order chi connectivity index (χ0) is 14.0. The number of hydrogen-bond donors (Lipinski definition) is 2. The van der Waals surface area contributed by atoms with Crippen LogP contribution >= 0.6 is 11.6 Å². The highest BCUT2D eigenvalue weighted by atomic mass is 35.5. The van der Waals surface area contributed by atoms with E-state index in [2.05, 4.69) is 0 Å². The standard InChI is InChI=1S/C14H18ClNO3/c1-8(5-13(17)18)4-12(16)11-7-10(15)6-9-2-3-19-14(9)11/h6-8,12H,2-5,16H2,1H3,(H,17,18). The number of aliphatic carboxylic acids is 1. The van der Waals surface area contributed by atoms with Crippen LogP contribution in [0.3, 0.4) is 0 Å². The lowest BCUT2D eigenvalue weighted by molar-refractivity contribution is -0.138. The number of nitrogens with two attached hydrogens (primary N) is 1. The second-order valence-electron chi connectivity index (χ2n) is 5.13. The Bertz CT molecular complexity index is 490. The first-order valence-corrected chi connectivity index (χ1v) is 6.77. The molecule has 0 saturated carbocycles. The molecule has 1 aromatic carbocycles. The minimum absolute atomic E-state index is 0.0172. The Morgan fingerprint density at radius 2 is 2.32 bits per heavy atom. The Kier molecular flexibility index (Phi) is 4.32. The molecule has 2 unspecified atom stereocenters. The first-order valence-electron chi connectivity index (χ1n) is 6.40. The maximum Gasteiger partial charge on any atom is 0.303 e. The molecule has 0 saturated heterocycles. The number of rotatable bonds is 5. The third-order valence-electron chi connectivity index (χ3n) is 3.36. The first kappa shape index (κ1) is 14.2. The molecule has 0 fully saturated rings. The Morgan fingerprint density at radius 3 is 3.00 bits per heavy atom. The zero-order valence-corrected chi connectivity index (χ0v) is 11.6. The van der Waals surface area contributed by atoms with E-state index >= 15 is 0 Å². The van der Waals surface area contributed by atoms with E-state index in [4.69, 9.17) is 27.2 Å². The molecule has 4 nitrogen and oxygen atoms in total. The van der Waals surface area contributed by atoms with Gasteiger partial charge in [-0.1, -0.05) is 18.5 Å². The van der Waals surface area contributed by atoms with Crippen molar-refractivity contribution in [1.29, 1.82) is 0 Å². The summed E-state index contributed by atoms with van der Waals surface area (Å²) in [6.07, 6.45) is 1.57. The van der Waals surface area contributed by atoms with E-state index in [1.165, 1.54) is 0 Å². The summed E-state index contributed by atoms with van der Waals surface area (Å²) in [7, 11) is 0. The van der Waals surface area contributed by atoms with Crippen LogP contribution in [0, 0.1) is 5.92 Å². The summed E-state index contributed by atoms with van der Waals surface area (Å²) in [4.78, 5) is 10.7. The highest BCUT2D eigenvalue weighted by Crippen LogP contribution is 2.37. The van der Waals surface area contributed by atoms with Gasteiger partial charge in [-0.3, -0.25) is 4.79 Å². The molecule has 2 rings (SSSR count). The van der Waals surface area contributed by atoms with Gasteiger partial charge in [0.05, 0.1) is 6.61 Å². The lowest BCUT2D eigenvalue weighted by Gasteiger charge is -2.19. The quantitative estimate of drug-likeness (QED) is 0.871. The van der Waals surface area contributed by atoms with Crippen molar-refractivity contribution in [2.75, 3.05) is 6.61 Å². The van der Waals surface area contributed by atoms with Gasteiger partial charge in [0.15, 0.2) is 0 Å². The molecule has 2 atom stereocenters. The molecule has 104 valence electrons. The maximum atomic E-state index is 10.7. The minimum atomic E-state index is -0.799. The summed E-state index contributed by atoms with van der Waals surface area (Å²) < 4.78 is 5.61. The number of halogens is 1. The van der Waals surface area contributed by atoms with Gasteiger partial charge in [-0.2, -0.15) is 0 Å². The molecular formula is C14H18ClNO3. The van der Waals surface area contributed by atoms with Crippen molar-refractivity contribution in [2.24, 2.45) is 11.7 Å². The van der Waals surface area contributed by atoms with Crippen molar-refractivity contribution in [1.82, 2.24) is 0 Å². The van der Waals surface area contributed by atoms with E-state index in [1.54, 1.807) is 0 Å². The van der Waals surface area contributed by atoms with Crippen LogP contribution in [0.4, 0.5) is 0 Å². The van der Waals surface area contributed by atoms with Crippen molar-refractivity contribution in [3.63, 3.8) is 0 Å². The topological polar surface area (TPSA) is 72.5 Å². The lowest BCUT2D eigenvalue weighted by Crippen LogP contribution is -2.17. The van der Waals surface area contributed by atoms with Crippen molar-refractivity contribution < 1.29 is 14.6 Å². The molecule has 0 aromatic heterocycles. The van der Waals surface area contributed by atoms with Gasteiger partial charge in [-0.15, -0.1) is 0 Å². The van der Waals surface area contributed by atoms with Gasteiger partial charge < -0.3 is 15.6 Å². The third kappa shape index (κ3) is 3.39. The van der Waals surface area contributed by atoms with Gasteiger partial charge >= 0.3 is 5.97 Å². The second kappa shape index (κ2) is 5.80. The molecular weight excluding hydrogens is 266 g/mol. The Hall–Kier alpha value is -1.26. The molecule has 0 bridgehead atoms. The Morgan fingerprint density at radius 1 is 1.58 bits per heavy atom. The molecule has 1 heterocycles. The fraction of sp³-hybridized carbons (Fsp3) is 0.500. The van der Waals surface area contributed by atoms with Gasteiger partial charge in [-0.05, 0) is 30.0 Å². The number of carboxylic acids is 1. The van der Waals surface area contributed by atoms with Crippen molar-refractivity contribution in [2.45, 2.75) is 32.2 Å². The molecule has 19 heavy (non-hydrogen) atoms. The van der Waals surface area contributed by atoms with E-state index in [0.29, 0.717) is 18.1 Å². The monoisotopic (exact) mass is 283 g/mol. The van der Waals surface area contributed by atoms with Crippen molar-refractivity contribution in [3.05, 3.63) is 28.3 Å². The predicted molar refractivity (Wildman–Crippen MR) is 73.6 cm³/mol.